The molecule has 2 aromatic carbocycles. The molecule has 0 bridgehead atoms. The second-order valence-corrected chi connectivity index (χ2v) is 8.83. The maximum atomic E-state index is 13.4. The monoisotopic (exact) mass is 500 g/mol. The Morgan fingerprint density at radius 3 is 2.43 bits per heavy atom. The molecule has 1 unspecified atom stereocenters. The number of benzene rings is 2. The van der Waals surface area contributed by atoms with Gasteiger partial charge in [-0.2, -0.15) is 0 Å². The first-order valence-corrected chi connectivity index (χ1v) is 12.1. The summed E-state index contributed by atoms with van der Waals surface area (Å²) < 4.78 is 11.0. The molecule has 1 atom stereocenters. The van der Waals surface area contributed by atoms with E-state index in [1.165, 1.54) is 11.0 Å². The molecule has 1 saturated heterocycles. The smallest absolute Gasteiger partial charge is 0.338 e. The van der Waals surface area contributed by atoms with Crippen LogP contribution >= 0.6 is 0 Å². The van der Waals surface area contributed by atoms with Crippen LogP contribution in [-0.2, 0) is 14.3 Å². The van der Waals surface area contributed by atoms with Crippen molar-refractivity contribution in [1.29, 1.82) is 0 Å². The van der Waals surface area contributed by atoms with Gasteiger partial charge in [0.05, 0.1) is 29.9 Å². The Morgan fingerprint density at radius 2 is 1.73 bits per heavy atom. The fraction of sp³-hybridized carbons (Fsp3) is 0.241. The van der Waals surface area contributed by atoms with E-state index in [0.29, 0.717) is 29.2 Å². The largest absolute Gasteiger partial charge is 0.507 e. The number of esters is 1. The topological polar surface area (TPSA) is 106 Å². The highest BCUT2D eigenvalue weighted by atomic mass is 16.5. The van der Waals surface area contributed by atoms with E-state index in [-0.39, 0.29) is 23.0 Å². The van der Waals surface area contributed by atoms with Crippen LogP contribution in [0.1, 0.15) is 54.7 Å². The van der Waals surface area contributed by atoms with E-state index in [9.17, 15) is 19.5 Å². The lowest BCUT2D eigenvalue weighted by Gasteiger charge is -2.25. The van der Waals surface area contributed by atoms with Crippen molar-refractivity contribution in [1.82, 2.24) is 4.98 Å². The molecule has 1 N–H and O–H groups in total. The van der Waals surface area contributed by atoms with E-state index in [0.717, 1.165) is 6.42 Å². The van der Waals surface area contributed by atoms with Gasteiger partial charge in [-0.05, 0) is 68.3 Å². The van der Waals surface area contributed by atoms with Gasteiger partial charge in [0.1, 0.15) is 11.5 Å². The minimum Gasteiger partial charge on any atom is -0.507 e. The van der Waals surface area contributed by atoms with E-state index in [1.807, 2.05) is 6.92 Å². The van der Waals surface area contributed by atoms with Gasteiger partial charge in [0.15, 0.2) is 0 Å². The van der Waals surface area contributed by atoms with Crippen LogP contribution in [0.3, 0.4) is 0 Å². The number of ketones is 1. The summed E-state index contributed by atoms with van der Waals surface area (Å²) in [5.41, 5.74) is 1.41. The van der Waals surface area contributed by atoms with Gasteiger partial charge in [-0.3, -0.25) is 19.5 Å². The standard InChI is InChI=1S/C29H28N2O6/c1-4-15-36-23-10-6-7-20(17-23)26(32)24-25(19-11-13-30-14-12-19)31(28(34)27(24)33)22-9-5-8-21(16-22)29(35)37-18(2)3/h5-14,16-18,25,32H,4,15H2,1-3H3/b26-24+. The highest BCUT2D eigenvalue weighted by Crippen LogP contribution is 2.42. The molecule has 4 rings (SSSR count). The second-order valence-electron chi connectivity index (χ2n) is 8.83. The van der Waals surface area contributed by atoms with Crippen molar-refractivity contribution in [2.75, 3.05) is 11.5 Å². The lowest BCUT2D eigenvalue weighted by atomic mass is 9.95. The molecular weight excluding hydrogens is 472 g/mol. The zero-order valence-electron chi connectivity index (χ0n) is 20.9. The average Bonchev–Trinajstić information content (AvgIpc) is 3.17. The van der Waals surface area contributed by atoms with Crippen molar-refractivity contribution in [2.45, 2.75) is 39.3 Å². The van der Waals surface area contributed by atoms with Gasteiger partial charge >= 0.3 is 5.97 Å². The van der Waals surface area contributed by atoms with Gasteiger partial charge in [0, 0.05) is 23.6 Å². The molecule has 0 radical (unpaired) electrons. The average molecular weight is 501 g/mol. The van der Waals surface area contributed by atoms with Crippen LogP contribution in [0.5, 0.6) is 5.75 Å². The highest BCUT2D eigenvalue weighted by Gasteiger charge is 2.47. The molecule has 1 aliphatic rings. The Labute approximate surface area is 215 Å². The number of anilines is 1. The third-order valence-corrected chi connectivity index (χ3v) is 5.75. The summed E-state index contributed by atoms with van der Waals surface area (Å²) in [7, 11) is 0. The molecule has 37 heavy (non-hydrogen) atoms. The number of amides is 1. The summed E-state index contributed by atoms with van der Waals surface area (Å²) in [6.07, 6.45) is 3.59. The number of Topliss-reactive ketones (excluding diaryl/α,β-unsaturated/α-hetero) is 1. The van der Waals surface area contributed by atoms with Crippen molar-refractivity contribution in [3.8, 4) is 5.75 Å². The molecule has 8 nitrogen and oxygen atoms in total. The number of hydrogen-bond acceptors (Lipinski definition) is 7. The third kappa shape index (κ3) is 5.38. The molecule has 0 saturated carbocycles. The number of pyridine rings is 1. The van der Waals surface area contributed by atoms with Crippen LogP contribution in [0.2, 0.25) is 0 Å². The Kier molecular flexibility index (Phi) is 7.67. The number of carbonyl (C=O) groups is 3. The zero-order valence-corrected chi connectivity index (χ0v) is 20.9. The molecule has 1 aromatic heterocycles. The molecule has 1 fully saturated rings. The molecule has 2 heterocycles. The van der Waals surface area contributed by atoms with Crippen molar-refractivity contribution in [3.63, 3.8) is 0 Å². The van der Waals surface area contributed by atoms with Crippen LogP contribution in [0.4, 0.5) is 5.69 Å². The number of rotatable bonds is 8. The van der Waals surface area contributed by atoms with E-state index in [4.69, 9.17) is 9.47 Å². The normalized spacial score (nSPS) is 16.8. The summed E-state index contributed by atoms with van der Waals surface area (Å²) in [6.45, 7) is 5.97. The fourth-order valence-electron chi connectivity index (χ4n) is 4.13. The van der Waals surface area contributed by atoms with Gasteiger partial charge in [-0.25, -0.2) is 4.79 Å². The number of aromatic nitrogens is 1. The summed E-state index contributed by atoms with van der Waals surface area (Å²) in [4.78, 5) is 44.6. The van der Waals surface area contributed by atoms with Gasteiger partial charge < -0.3 is 14.6 Å². The third-order valence-electron chi connectivity index (χ3n) is 5.75. The maximum Gasteiger partial charge on any atom is 0.338 e. The SMILES string of the molecule is CCCOc1cccc(/C(O)=C2\C(=O)C(=O)N(c3cccc(C(=O)OC(C)C)c3)C2c2ccncc2)c1. The van der Waals surface area contributed by atoms with Crippen LogP contribution in [-0.4, -0.2) is 40.5 Å². The summed E-state index contributed by atoms with van der Waals surface area (Å²) >= 11 is 0. The molecule has 1 aliphatic heterocycles. The Hall–Kier alpha value is -4.46. The summed E-state index contributed by atoms with van der Waals surface area (Å²) in [5, 5.41) is 11.3. The lowest BCUT2D eigenvalue weighted by molar-refractivity contribution is -0.132. The number of ether oxygens (including phenoxy) is 2. The first-order valence-electron chi connectivity index (χ1n) is 12.1. The number of aliphatic hydroxyl groups excluding tert-OH is 1. The number of aliphatic hydroxyl groups is 1. The van der Waals surface area contributed by atoms with Crippen LogP contribution in [0, 0.1) is 0 Å². The van der Waals surface area contributed by atoms with E-state index >= 15 is 0 Å². The summed E-state index contributed by atoms with van der Waals surface area (Å²) in [6, 6.07) is 15.5. The van der Waals surface area contributed by atoms with Gasteiger partial charge in [-0.1, -0.05) is 25.1 Å². The van der Waals surface area contributed by atoms with Gasteiger partial charge in [-0.15, -0.1) is 0 Å². The van der Waals surface area contributed by atoms with E-state index in [2.05, 4.69) is 4.98 Å². The lowest BCUT2D eigenvalue weighted by Crippen LogP contribution is -2.29. The van der Waals surface area contributed by atoms with Crippen molar-refractivity contribution >= 4 is 29.1 Å². The predicted octanol–water partition coefficient (Wildman–Crippen LogP) is 5.06. The van der Waals surface area contributed by atoms with E-state index < -0.39 is 23.7 Å². The molecule has 0 aliphatic carbocycles. The Balaban J connectivity index is 1.84. The highest BCUT2D eigenvalue weighted by molar-refractivity contribution is 6.51. The number of carbonyl (C=O) groups excluding carboxylic acids is 3. The van der Waals surface area contributed by atoms with Crippen molar-refractivity contribution in [2.24, 2.45) is 0 Å². The molecule has 8 heteroatoms. The van der Waals surface area contributed by atoms with Gasteiger partial charge in [0.25, 0.3) is 11.7 Å². The Bertz CT molecular complexity index is 1350. The molecule has 0 spiro atoms. The quantitative estimate of drug-likeness (QED) is 0.199. The van der Waals surface area contributed by atoms with Crippen molar-refractivity contribution in [3.05, 3.63) is 95.3 Å². The maximum absolute atomic E-state index is 13.4. The fourth-order valence-corrected chi connectivity index (χ4v) is 4.13. The Morgan fingerprint density at radius 1 is 1.03 bits per heavy atom. The van der Waals surface area contributed by atoms with E-state index in [1.54, 1.807) is 80.8 Å². The molecule has 3 aromatic rings. The number of hydrogen-bond donors (Lipinski definition) is 1. The first-order chi connectivity index (χ1) is 17.8. The predicted molar refractivity (Wildman–Crippen MR) is 138 cm³/mol. The van der Waals surface area contributed by atoms with Gasteiger partial charge in [0.2, 0.25) is 0 Å². The summed E-state index contributed by atoms with van der Waals surface area (Å²) in [5.74, 6) is -1.99. The molecular formula is C29H28N2O6. The zero-order chi connectivity index (χ0) is 26.5. The second kappa shape index (κ2) is 11.1. The number of nitrogens with zero attached hydrogens (tertiary/aromatic N) is 2. The molecule has 190 valence electrons. The van der Waals surface area contributed by atoms with Crippen LogP contribution < -0.4 is 9.64 Å². The van der Waals surface area contributed by atoms with Crippen LogP contribution in [0.25, 0.3) is 5.76 Å². The minimum absolute atomic E-state index is 0.0704. The van der Waals surface area contributed by atoms with Crippen LogP contribution in [0.15, 0.2) is 78.6 Å². The van der Waals surface area contributed by atoms with Crippen molar-refractivity contribution < 1.29 is 29.0 Å². The molecule has 1 amide bonds. The first kappa shape index (κ1) is 25.6. The minimum atomic E-state index is -0.945.